The number of rotatable bonds is 2. The first kappa shape index (κ1) is 12.1. The third-order valence-corrected chi connectivity index (χ3v) is 3.62. The summed E-state index contributed by atoms with van der Waals surface area (Å²) in [7, 11) is 1.98. The highest BCUT2D eigenvalue weighted by Crippen LogP contribution is 2.43. The minimum Gasteiger partial charge on any atom is -0.361 e. The molecule has 0 spiro atoms. The SMILES string of the molecule is C=C(/N=C1/CNCCN1C)c1cc2c(cc1F)C2=C. The van der Waals surface area contributed by atoms with Crippen molar-refractivity contribution in [2.24, 2.45) is 4.99 Å². The fourth-order valence-corrected chi connectivity index (χ4v) is 2.28. The molecule has 0 saturated carbocycles. The molecule has 2 aliphatic rings. The Morgan fingerprint density at radius 2 is 2.16 bits per heavy atom. The van der Waals surface area contributed by atoms with Crippen molar-refractivity contribution in [1.82, 2.24) is 10.2 Å². The molecule has 19 heavy (non-hydrogen) atoms. The molecule has 4 heteroatoms. The second-order valence-electron chi connectivity index (χ2n) is 4.93. The van der Waals surface area contributed by atoms with Gasteiger partial charge in [-0.1, -0.05) is 13.2 Å². The zero-order valence-corrected chi connectivity index (χ0v) is 11.0. The Labute approximate surface area is 112 Å². The molecular formula is C15H16FN3. The van der Waals surface area contributed by atoms with Gasteiger partial charge in [0.25, 0.3) is 0 Å². The summed E-state index contributed by atoms with van der Waals surface area (Å²) < 4.78 is 14.0. The highest BCUT2D eigenvalue weighted by molar-refractivity contribution is 6.00. The first-order chi connectivity index (χ1) is 9.08. The molecule has 1 aromatic rings. The number of fused-ring (bicyclic) bond motifs is 1. The third kappa shape index (κ3) is 2.08. The van der Waals surface area contributed by atoms with Crippen molar-refractivity contribution in [1.29, 1.82) is 0 Å². The van der Waals surface area contributed by atoms with Crippen LogP contribution in [0.3, 0.4) is 0 Å². The van der Waals surface area contributed by atoms with Crippen LogP contribution in [0.2, 0.25) is 0 Å². The van der Waals surface area contributed by atoms with Crippen molar-refractivity contribution in [2.45, 2.75) is 0 Å². The van der Waals surface area contributed by atoms with Crippen molar-refractivity contribution in [3.8, 4) is 0 Å². The average molecular weight is 257 g/mol. The van der Waals surface area contributed by atoms with E-state index in [9.17, 15) is 4.39 Å². The van der Waals surface area contributed by atoms with Crippen molar-refractivity contribution in [2.75, 3.05) is 26.7 Å². The molecule has 0 radical (unpaired) electrons. The Bertz CT molecular complexity index is 616. The second-order valence-corrected chi connectivity index (χ2v) is 4.93. The molecule has 0 amide bonds. The standard InChI is InChI=1S/C15H16FN3/c1-9-11-6-13(14(16)7-12(9)11)10(2)18-15-8-17-4-5-19(15)3/h6-7,17H,1-2,4-5,8H2,3H3/b18-15-. The first-order valence-electron chi connectivity index (χ1n) is 6.30. The van der Waals surface area contributed by atoms with E-state index in [0.717, 1.165) is 35.6 Å². The van der Waals surface area contributed by atoms with Gasteiger partial charge in [-0.3, -0.25) is 0 Å². The maximum absolute atomic E-state index is 14.0. The van der Waals surface area contributed by atoms with Gasteiger partial charge in [0.2, 0.25) is 0 Å². The summed E-state index contributed by atoms with van der Waals surface area (Å²) in [4.78, 5) is 6.52. The number of likely N-dealkylation sites (N-methyl/N-ethyl adjacent to an activating group) is 1. The highest BCUT2D eigenvalue weighted by atomic mass is 19.1. The topological polar surface area (TPSA) is 27.6 Å². The zero-order valence-electron chi connectivity index (χ0n) is 11.0. The van der Waals surface area contributed by atoms with Gasteiger partial charge >= 0.3 is 0 Å². The van der Waals surface area contributed by atoms with Crippen molar-refractivity contribution in [3.63, 3.8) is 0 Å². The lowest BCUT2D eigenvalue weighted by Gasteiger charge is -2.27. The smallest absolute Gasteiger partial charge is 0.133 e. The van der Waals surface area contributed by atoms with E-state index < -0.39 is 0 Å². The third-order valence-electron chi connectivity index (χ3n) is 3.62. The molecule has 3 nitrogen and oxygen atoms in total. The largest absolute Gasteiger partial charge is 0.361 e. The van der Waals surface area contributed by atoms with Crippen LogP contribution in [0.25, 0.3) is 11.3 Å². The second kappa shape index (κ2) is 4.31. The predicted octanol–water partition coefficient (Wildman–Crippen LogP) is 2.10. The van der Waals surface area contributed by atoms with E-state index in [2.05, 4.69) is 28.4 Å². The normalized spacial score (nSPS) is 19.6. The maximum Gasteiger partial charge on any atom is 0.133 e. The lowest BCUT2D eigenvalue weighted by molar-refractivity contribution is 0.446. The number of amidine groups is 1. The quantitative estimate of drug-likeness (QED) is 0.892. The molecule has 0 unspecified atom stereocenters. The van der Waals surface area contributed by atoms with Gasteiger partial charge in [-0.15, -0.1) is 0 Å². The Balaban J connectivity index is 1.89. The molecule has 1 N–H and O–H groups in total. The van der Waals surface area contributed by atoms with Gasteiger partial charge in [-0.2, -0.15) is 0 Å². The van der Waals surface area contributed by atoms with Crippen LogP contribution in [0.5, 0.6) is 0 Å². The van der Waals surface area contributed by atoms with E-state index in [1.807, 2.05) is 7.05 Å². The number of halogens is 1. The number of hydrogen-bond acceptors (Lipinski definition) is 2. The number of piperazine rings is 1. The maximum atomic E-state index is 14.0. The highest BCUT2D eigenvalue weighted by Gasteiger charge is 2.26. The number of aliphatic imine (C=N–C) groups is 1. The van der Waals surface area contributed by atoms with Gasteiger partial charge in [0, 0.05) is 25.7 Å². The summed E-state index contributed by atoms with van der Waals surface area (Å²) in [5.74, 6) is 0.609. The van der Waals surface area contributed by atoms with Crippen LogP contribution in [0.4, 0.5) is 4.39 Å². The lowest BCUT2D eigenvalue weighted by atomic mass is 10.1. The van der Waals surface area contributed by atoms with Crippen LogP contribution >= 0.6 is 0 Å². The molecule has 1 fully saturated rings. The molecule has 98 valence electrons. The van der Waals surface area contributed by atoms with Crippen LogP contribution in [-0.4, -0.2) is 37.4 Å². The minimum absolute atomic E-state index is 0.279. The molecule has 1 aliphatic carbocycles. The number of hydrogen-bond donors (Lipinski definition) is 1. The molecule has 1 aromatic carbocycles. The summed E-state index contributed by atoms with van der Waals surface area (Å²) in [6.07, 6.45) is 0. The Morgan fingerprint density at radius 3 is 2.89 bits per heavy atom. The summed E-state index contributed by atoms with van der Waals surface area (Å²) in [6, 6.07) is 3.30. The molecule has 0 atom stereocenters. The van der Waals surface area contributed by atoms with Crippen molar-refractivity contribution in [3.05, 3.63) is 47.8 Å². The van der Waals surface area contributed by atoms with Gasteiger partial charge in [-0.05, 0) is 28.8 Å². The van der Waals surface area contributed by atoms with Crippen molar-refractivity contribution >= 4 is 17.1 Å². The number of nitrogens with one attached hydrogen (secondary N) is 1. The van der Waals surface area contributed by atoms with E-state index in [-0.39, 0.29) is 5.82 Å². The molecule has 3 rings (SSSR count). The van der Waals surface area contributed by atoms with Crippen molar-refractivity contribution < 1.29 is 4.39 Å². The number of benzene rings is 1. The Kier molecular flexibility index (Phi) is 2.75. The molecule has 1 saturated heterocycles. The first-order valence-corrected chi connectivity index (χ1v) is 6.30. The average Bonchev–Trinajstić information content (AvgIpc) is 3.01. The molecule has 0 aromatic heterocycles. The number of nitrogens with zero attached hydrogens (tertiary/aromatic N) is 2. The van der Waals surface area contributed by atoms with Crippen LogP contribution in [-0.2, 0) is 0 Å². The van der Waals surface area contributed by atoms with Crippen LogP contribution < -0.4 is 5.32 Å². The lowest BCUT2D eigenvalue weighted by Crippen LogP contribution is -2.45. The summed E-state index contributed by atoms with van der Waals surface area (Å²) in [6.45, 7) is 10.3. The van der Waals surface area contributed by atoms with Crippen LogP contribution in [0.15, 0.2) is 30.3 Å². The van der Waals surface area contributed by atoms with Gasteiger partial charge in [0.05, 0.1) is 12.2 Å². The van der Waals surface area contributed by atoms with Gasteiger partial charge in [-0.25, -0.2) is 9.38 Å². The van der Waals surface area contributed by atoms with E-state index in [1.165, 1.54) is 6.07 Å². The zero-order chi connectivity index (χ0) is 13.6. The Morgan fingerprint density at radius 1 is 1.42 bits per heavy atom. The van der Waals surface area contributed by atoms with E-state index in [0.29, 0.717) is 17.8 Å². The summed E-state index contributed by atoms with van der Waals surface area (Å²) in [5.41, 5.74) is 3.78. The van der Waals surface area contributed by atoms with E-state index in [1.54, 1.807) is 6.07 Å². The molecule has 0 bridgehead atoms. The molecule has 1 aliphatic heterocycles. The minimum atomic E-state index is -0.279. The van der Waals surface area contributed by atoms with Crippen LogP contribution in [0.1, 0.15) is 16.7 Å². The van der Waals surface area contributed by atoms with Crippen LogP contribution in [0, 0.1) is 5.82 Å². The summed E-state index contributed by atoms with van der Waals surface area (Å²) >= 11 is 0. The predicted molar refractivity (Wildman–Crippen MR) is 76.5 cm³/mol. The Hall–Kier alpha value is -1.94. The van der Waals surface area contributed by atoms with Gasteiger partial charge < -0.3 is 10.2 Å². The fourth-order valence-electron chi connectivity index (χ4n) is 2.28. The van der Waals surface area contributed by atoms with E-state index in [4.69, 9.17) is 0 Å². The molecule has 1 heterocycles. The molecular weight excluding hydrogens is 241 g/mol. The fraction of sp³-hybridized carbons (Fsp3) is 0.267. The van der Waals surface area contributed by atoms with E-state index >= 15 is 0 Å². The summed E-state index contributed by atoms with van der Waals surface area (Å²) in [5, 5.41) is 3.24. The monoisotopic (exact) mass is 257 g/mol. The van der Waals surface area contributed by atoms with Gasteiger partial charge in [0.1, 0.15) is 11.7 Å². The van der Waals surface area contributed by atoms with Gasteiger partial charge in [0.15, 0.2) is 0 Å².